The molecule has 0 spiro atoms. The zero-order valence-corrected chi connectivity index (χ0v) is 13.9. The van der Waals surface area contributed by atoms with Crippen LogP contribution < -0.4 is 15.8 Å². The highest BCUT2D eigenvalue weighted by atomic mass is 79.9. The second-order valence-corrected chi connectivity index (χ2v) is 5.79. The van der Waals surface area contributed by atoms with Crippen LogP contribution in [0, 0.1) is 0 Å². The Balaban J connectivity index is 1.75. The first-order valence-corrected chi connectivity index (χ1v) is 7.88. The standard InChI is InChI=1S/C16H17BrN2OS/c17-14-11-12(16(18)21)7-8-15(14)19-9-4-10-20-13-5-2-1-3-6-13/h1-3,5-8,11,19H,4,9-10H2,(H2,18,21). The minimum Gasteiger partial charge on any atom is -0.494 e. The molecule has 0 bridgehead atoms. The van der Waals surface area contributed by atoms with E-state index >= 15 is 0 Å². The Morgan fingerprint density at radius 3 is 2.62 bits per heavy atom. The van der Waals surface area contributed by atoms with Crippen molar-refractivity contribution < 1.29 is 4.74 Å². The number of nitrogens with one attached hydrogen (secondary N) is 1. The number of ether oxygens (including phenoxy) is 1. The Bertz CT molecular complexity index is 604. The maximum atomic E-state index is 5.64. The van der Waals surface area contributed by atoms with Crippen LogP contribution in [0.4, 0.5) is 5.69 Å². The summed E-state index contributed by atoms with van der Waals surface area (Å²) in [5, 5.41) is 3.35. The molecular formula is C16H17BrN2OS. The lowest BCUT2D eigenvalue weighted by Crippen LogP contribution is -2.10. The fraction of sp³-hybridized carbons (Fsp3) is 0.188. The molecule has 5 heteroatoms. The van der Waals surface area contributed by atoms with Gasteiger partial charge < -0.3 is 15.8 Å². The van der Waals surface area contributed by atoms with Crippen molar-refractivity contribution in [3.8, 4) is 5.75 Å². The van der Waals surface area contributed by atoms with Gasteiger partial charge in [0.2, 0.25) is 0 Å². The summed E-state index contributed by atoms with van der Waals surface area (Å²) >= 11 is 8.47. The van der Waals surface area contributed by atoms with Crippen LogP contribution in [-0.4, -0.2) is 18.1 Å². The number of anilines is 1. The molecule has 0 heterocycles. The molecule has 2 rings (SSSR count). The van der Waals surface area contributed by atoms with E-state index in [1.165, 1.54) is 0 Å². The molecule has 21 heavy (non-hydrogen) atoms. The van der Waals surface area contributed by atoms with E-state index in [-0.39, 0.29) is 0 Å². The number of thiocarbonyl (C=S) groups is 1. The normalized spacial score (nSPS) is 10.1. The second-order valence-electron chi connectivity index (χ2n) is 4.50. The highest BCUT2D eigenvalue weighted by molar-refractivity contribution is 9.10. The Morgan fingerprint density at radius 2 is 1.95 bits per heavy atom. The average molecular weight is 365 g/mol. The summed E-state index contributed by atoms with van der Waals surface area (Å²) in [4.78, 5) is 0.401. The van der Waals surface area contributed by atoms with Gasteiger partial charge in [-0.1, -0.05) is 30.4 Å². The zero-order valence-electron chi connectivity index (χ0n) is 11.5. The topological polar surface area (TPSA) is 47.3 Å². The lowest BCUT2D eigenvalue weighted by atomic mass is 10.2. The summed E-state index contributed by atoms with van der Waals surface area (Å²) in [5.74, 6) is 0.902. The van der Waals surface area contributed by atoms with Crippen LogP contribution >= 0.6 is 28.1 Å². The molecule has 0 aromatic heterocycles. The maximum absolute atomic E-state index is 5.64. The van der Waals surface area contributed by atoms with Gasteiger partial charge in [-0.15, -0.1) is 0 Å². The van der Waals surface area contributed by atoms with Crippen molar-refractivity contribution in [2.24, 2.45) is 5.73 Å². The predicted octanol–water partition coefficient (Wildman–Crippen LogP) is 3.96. The number of rotatable bonds is 7. The van der Waals surface area contributed by atoms with E-state index in [4.69, 9.17) is 22.7 Å². The number of hydrogen-bond donors (Lipinski definition) is 2. The van der Waals surface area contributed by atoms with Crippen LogP contribution in [0.15, 0.2) is 53.0 Å². The van der Waals surface area contributed by atoms with Gasteiger partial charge in [0.15, 0.2) is 0 Å². The van der Waals surface area contributed by atoms with Gasteiger partial charge in [-0.3, -0.25) is 0 Å². The SMILES string of the molecule is NC(=S)c1ccc(NCCCOc2ccccc2)c(Br)c1. The van der Waals surface area contributed by atoms with Crippen molar-refractivity contribution in [3.63, 3.8) is 0 Å². The van der Waals surface area contributed by atoms with Gasteiger partial charge in [-0.25, -0.2) is 0 Å². The van der Waals surface area contributed by atoms with Gasteiger partial charge in [0.1, 0.15) is 10.7 Å². The third-order valence-corrected chi connectivity index (χ3v) is 3.79. The molecule has 0 fully saturated rings. The van der Waals surface area contributed by atoms with Crippen LogP contribution in [0.25, 0.3) is 0 Å². The Hall–Kier alpha value is -1.59. The monoisotopic (exact) mass is 364 g/mol. The number of benzene rings is 2. The van der Waals surface area contributed by atoms with E-state index in [1.807, 2.05) is 48.5 Å². The van der Waals surface area contributed by atoms with Crippen LogP contribution in [0.2, 0.25) is 0 Å². The largest absolute Gasteiger partial charge is 0.494 e. The second kappa shape index (κ2) is 8.00. The lowest BCUT2D eigenvalue weighted by molar-refractivity contribution is 0.315. The third-order valence-electron chi connectivity index (χ3n) is 2.90. The fourth-order valence-electron chi connectivity index (χ4n) is 1.81. The van der Waals surface area contributed by atoms with Crippen molar-refractivity contribution in [1.82, 2.24) is 0 Å². The minimum atomic E-state index is 0.401. The van der Waals surface area contributed by atoms with E-state index in [0.29, 0.717) is 11.6 Å². The summed E-state index contributed by atoms with van der Waals surface area (Å²) < 4.78 is 6.59. The molecule has 110 valence electrons. The van der Waals surface area contributed by atoms with E-state index in [1.54, 1.807) is 0 Å². The molecule has 0 radical (unpaired) electrons. The van der Waals surface area contributed by atoms with Crippen molar-refractivity contribution in [2.75, 3.05) is 18.5 Å². The molecule has 0 unspecified atom stereocenters. The molecule has 0 aliphatic carbocycles. The van der Waals surface area contributed by atoms with Crippen molar-refractivity contribution >= 4 is 38.8 Å². The highest BCUT2D eigenvalue weighted by Gasteiger charge is 2.02. The molecule has 2 aromatic carbocycles. The molecular weight excluding hydrogens is 348 g/mol. The first kappa shape index (κ1) is 15.8. The van der Waals surface area contributed by atoms with E-state index in [9.17, 15) is 0 Å². The van der Waals surface area contributed by atoms with Gasteiger partial charge in [-0.05, 0) is 52.7 Å². The number of halogens is 1. The predicted molar refractivity (Wildman–Crippen MR) is 95.1 cm³/mol. The van der Waals surface area contributed by atoms with Crippen LogP contribution in [0.5, 0.6) is 5.75 Å². The third kappa shape index (κ3) is 5.02. The summed E-state index contributed by atoms with van der Waals surface area (Å²) in [5.41, 5.74) is 7.48. The van der Waals surface area contributed by atoms with Crippen LogP contribution in [0.3, 0.4) is 0 Å². The summed E-state index contributed by atoms with van der Waals surface area (Å²) in [6.07, 6.45) is 0.915. The molecule has 0 aliphatic heterocycles. The number of nitrogens with two attached hydrogens (primary N) is 1. The maximum Gasteiger partial charge on any atom is 0.119 e. The molecule has 0 saturated heterocycles. The van der Waals surface area contributed by atoms with Gasteiger partial charge in [-0.2, -0.15) is 0 Å². The van der Waals surface area contributed by atoms with Crippen molar-refractivity contribution in [3.05, 3.63) is 58.6 Å². The van der Waals surface area contributed by atoms with Crippen LogP contribution in [-0.2, 0) is 0 Å². The smallest absolute Gasteiger partial charge is 0.119 e. The van der Waals surface area contributed by atoms with Crippen molar-refractivity contribution in [2.45, 2.75) is 6.42 Å². The van der Waals surface area contributed by atoms with E-state index in [2.05, 4.69) is 21.2 Å². The van der Waals surface area contributed by atoms with Gasteiger partial charge >= 0.3 is 0 Å². The Labute approximate surface area is 138 Å². The molecule has 0 saturated carbocycles. The molecule has 0 aliphatic rings. The van der Waals surface area contributed by atoms with Crippen LogP contribution in [0.1, 0.15) is 12.0 Å². The fourth-order valence-corrected chi connectivity index (χ4v) is 2.46. The highest BCUT2D eigenvalue weighted by Crippen LogP contribution is 2.23. The first-order valence-electron chi connectivity index (χ1n) is 6.68. The zero-order chi connectivity index (χ0) is 15.1. The minimum absolute atomic E-state index is 0.401. The Kier molecular flexibility index (Phi) is 6.02. The molecule has 3 N–H and O–H groups in total. The van der Waals surface area contributed by atoms with Gasteiger partial charge in [0.25, 0.3) is 0 Å². The quantitative estimate of drug-likeness (QED) is 0.576. The molecule has 2 aromatic rings. The van der Waals surface area contributed by atoms with Gasteiger partial charge in [0, 0.05) is 22.3 Å². The van der Waals surface area contributed by atoms with Crippen molar-refractivity contribution in [1.29, 1.82) is 0 Å². The van der Waals surface area contributed by atoms with Gasteiger partial charge in [0.05, 0.1) is 6.61 Å². The molecule has 0 atom stereocenters. The number of hydrogen-bond acceptors (Lipinski definition) is 3. The van der Waals surface area contributed by atoms with E-state index < -0.39 is 0 Å². The average Bonchev–Trinajstić information content (AvgIpc) is 2.49. The first-order chi connectivity index (χ1) is 10.2. The molecule has 0 amide bonds. The number of para-hydroxylation sites is 1. The Morgan fingerprint density at radius 1 is 1.19 bits per heavy atom. The van der Waals surface area contributed by atoms with E-state index in [0.717, 1.165) is 34.4 Å². The lowest BCUT2D eigenvalue weighted by Gasteiger charge is -2.10. The molecule has 3 nitrogen and oxygen atoms in total. The summed E-state index contributed by atoms with van der Waals surface area (Å²) in [6.45, 7) is 1.51. The summed E-state index contributed by atoms with van der Waals surface area (Å²) in [6, 6.07) is 15.6. The summed E-state index contributed by atoms with van der Waals surface area (Å²) in [7, 11) is 0.